The molecular weight excluding hydrogens is 374 g/mol. The molecule has 144 valence electrons. The molecule has 1 N–H and O–H groups in total. The molecule has 0 fully saturated rings. The summed E-state index contributed by atoms with van der Waals surface area (Å²) >= 11 is 1.40. The van der Waals surface area contributed by atoms with Crippen molar-refractivity contribution in [1.29, 1.82) is 0 Å². The van der Waals surface area contributed by atoms with E-state index in [4.69, 9.17) is 4.74 Å². The number of thiazole rings is 1. The predicted molar refractivity (Wildman–Crippen MR) is 111 cm³/mol. The third-order valence-corrected chi connectivity index (χ3v) is 4.90. The van der Waals surface area contributed by atoms with Crippen LogP contribution < -0.4 is 14.9 Å². The number of nitrogens with zero attached hydrogens (tertiary/aromatic N) is 2. The normalized spacial score (nSPS) is 11.4. The molecule has 0 bridgehead atoms. The number of anilines is 1. The number of hydrogen-bond acceptors (Lipinski definition) is 4. The first-order chi connectivity index (χ1) is 13.6. The van der Waals surface area contributed by atoms with E-state index in [0.29, 0.717) is 17.0 Å². The summed E-state index contributed by atoms with van der Waals surface area (Å²) in [6, 6.07) is 15.0. The van der Waals surface area contributed by atoms with Gasteiger partial charge in [0.2, 0.25) is 5.91 Å². The molecule has 0 atom stereocenters. The minimum atomic E-state index is -0.248. The molecule has 0 saturated heterocycles. The van der Waals surface area contributed by atoms with Gasteiger partial charge in [0.1, 0.15) is 5.75 Å². The van der Waals surface area contributed by atoms with Gasteiger partial charge in [-0.1, -0.05) is 35.6 Å². The number of aromatic nitrogens is 1. The minimum Gasteiger partial charge on any atom is -0.493 e. The molecule has 0 aliphatic heterocycles. The second-order valence-electron chi connectivity index (χ2n) is 6.06. The van der Waals surface area contributed by atoms with E-state index in [0.717, 1.165) is 16.0 Å². The first-order valence-electron chi connectivity index (χ1n) is 8.84. The van der Waals surface area contributed by atoms with Crippen molar-refractivity contribution >= 4 is 39.1 Å². The van der Waals surface area contributed by atoms with Crippen molar-refractivity contribution in [2.75, 3.05) is 11.9 Å². The van der Waals surface area contributed by atoms with Crippen LogP contribution in [0.1, 0.15) is 13.3 Å². The van der Waals surface area contributed by atoms with Crippen molar-refractivity contribution in [3.63, 3.8) is 0 Å². The molecule has 0 radical (unpaired) electrons. The molecule has 3 aromatic rings. The van der Waals surface area contributed by atoms with Crippen LogP contribution in [0.4, 0.5) is 5.69 Å². The zero-order chi connectivity index (χ0) is 19.9. The number of benzene rings is 2. The Balaban J connectivity index is 1.81. The first-order valence-corrected chi connectivity index (χ1v) is 9.66. The molecule has 0 aliphatic rings. The Kier molecular flexibility index (Phi) is 6.39. The van der Waals surface area contributed by atoms with Gasteiger partial charge in [0.25, 0.3) is 5.91 Å². The van der Waals surface area contributed by atoms with Gasteiger partial charge < -0.3 is 14.6 Å². The third kappa shape index (κ3) is 4.95. The fraction of sp³-hybridized carbons (Fsp3) is 0.190. The molecule has 0 spiro atoms. The highest BCUT2D eigenvalue weighted by Gasteiger charge is 2.09. The Bertz CT molecular complexity index is 1070. The number of hydrogen-bond donors (Lipinski definition) is 1. The average Bonchev–Trinajstić information content (AvgIpc) is 2.99. The fourth-order valence-corrected chi connectivity index (χ4v) is 3.78. The first kappa shape index (κ1) is 19.6. The highest BCUT2D eigenvalue weighted by molar-refractivity contribution is 7.16. The molecule has 3 rings (SSSR count). The van der Waals surface area contributed by atoms with E-state index in [1.54, 1.807) is 6.08 Å². The lowest BCUT2D eigenvalue weighted by Gasteiger charge is -2.04. The summed E-state index contributed by atoms with van der Waals surface area (Å²) in [4.78, 5) is 28.4. The average molecular weight is 395 g/mol. The smallest absolute Gasteiger partial charge is 0.251 e. The van der Waals surface area contributed by atoms with Gasteiger partial charge in [-0.3, -0.25) is 9.59 Å². The van der Waals surface area contributed by atoms with E-state index in [1.165, 1.54) is 18.3 Å². The second-order valence-corrected chi connectivity index (χ2v) is 7.07. The van der Waals surface area contributed by atoms with Gasteiger partial charge in [-0.05, 0) is 30.3 Å². The Labute approximate surface area is 166 Å². The van der Waals surface area contributed by atoms with Crippen LogP contribution >= 0.6 is 11.3 Å². The summed E-state index contributed by atoms with van der Waals surface area (Å²) in [6.45, 7) is 6.05. The number of amides is 2. The van der Waals surface area contributed by atoms with E-state index >= 15 is 0 Å². The maximum Gasteiger partial charge on any atom is 0.251 e. The van der Waals surface area contributed by atoms with Crippen LogP contribution in [0.15, 0.2) is 66.2 Å². The molecule has 2 aromatic carbocycles. The number of carbonyl (C=O) groups is 2. The Morgan fingerprint density at radius 3 is 2.75 bits per heavy atom. The monoisotopic (exact) mass is 395 g/mol. The number of para-hydroxylation sites is 1. The molecule has 6 nitrogen and oxygen atoms in total. The lowest BCUT2D eigenvalue weighted by Crippen LogP contribution is -2.17. The molecule has 28 heavy (non-hydrogen) atoms. The molecule has 2 amide bonds. The molecule has 0 aliphatic carbocycles. The van der Waals surface area contributed by atoms with Gasteiger partial charge in [0.15, 0.2) is 4.80 Å². The Morgan fingerprint density at radius 2 is 2.04 bits per heavy atom. The molecule has 1 aromatic heterocycles. The number of carbonyl (C=O) groups excluding carboxylic acids is 2. The zero-order valence-corrected chi connectivity index (χ0v) is 16.4. The van der Waals surface area contributed by atoms with Gasteiger partial charge in [-0.15, -0.1) is 6.58 Å². The van der Waals surface area contributed by atoms with Crippen molar-refractivity contribution in [3.8, 4) is 5.75 Å². The SMILES string of the molecule is C=CCn1c(=NC(=O)CCOc2ccccc2)sc2cc(NC(C)=O)ccc21. The van der Waals surface area contributed by atoms with Crippen molar-refractivity contribution in [2.45, 2.75) is 19.9 Å². The maximum absolute atomic E-state index is 12.3. The summed E-state index contributed by atoms with van der Waals surface area (Å²) in [5.74, 6) is 0.347. The van der Waals surface area contributed by atoms with E-state index < -0.39 is 0 Å². The third-order valence-electron chi connectivity index (χ3n) is 3.86. The van der Waals surface area contributed by atoms with Crippen LogP contribution in [0.25, 0.3) is 10.2 Å². The van der Waals surface area contributed by atoms with Crippen LogP contribution in [-0.2, 0) is 16.1 Å². The molecule has 0 saturated carbocycles. The van der Waals surface area contributed by atoms with Crippen molar-refractivity contribution in [2.24, 2.45) is 4.99 Å². The number of nitrogens with one attached hydrogen (secondary N) is 1. The summed E-state index contributed by atoms with van der Waals surface area (Å²) < 4.78 is 8.42. The molecule has 1 heterocycles. The minimum absolute atomic E-state index is 0.131. The maximum atomic E-state index is 12.3. The number of rotatable bonds is 7. The fourth-order valence-electron chi connectivity index (χ4n) is 2.68. The summed E-state index contributed by atoms with van der Waals surface area (Å²) in [7, 11) is 0. The van der Waals surface area contributed by atoms with Crippen LogP contribution in [0.5, 0.6) is 5.75 Å². The Hall–Kier alpha value is -3.19. The quantitative estimate of drug-likeness (QED) is 0.620. The van der Waals surface area contributed by atoms with Crippen LogP contribution in [-0.4, -0.2) is 23.0 Å². The van der Waals surface area contributed by atoms with Crippen LogP contribution in [0, 0.1) is 0 Å². The van der Waals surface area contributed by atoms with Gasteiger partial charge in [0, 0.05) is 19.2 Å². The standard InChI is InChI=1S/C21H21N3O3S/c1-3-12-24-18-10-9-16(22-15(2)25)14-19(18)28-21(24)23-20(26)11-13-27-17-7-5-4-6-8-17/h3-10,14H,1,11-13H2,2H3,(H,22,25). The topological polar surface area (TPSA) is 72.7 Å². The molecule has 7 heteroatoms. The Morgan fingerprint density at radius 1 is 1.25 bits per heavy atom. The second kappa shape index (κ2) is 9.14. The van der Waals surface area contributed by atoms with Crippen molar-refractivity contribution in [1.82, 2.24) is 4.57 Å². The van der Waals surface area contributed by atoms with Gasteiger partial charge in [-0.25, -0.2) is 0 Å². The predicted octanol–water partition coefficient (Wildman–Crippen LogP) is 3.74. The van der Waals surface area contributed by atoms with Crippen molar-refractivity contribution < 1.29 is 14.3 Å². The van der Waals surface area contributed by atoms with Crippen molar-refractivity contribution in [3.05, 3.63) is 66.0 Å². The lowest BCUT2D eigenvalue weighted by atomic mass is 10.3. The number of fused-ring (bicyclic) bond motifs is 1. The highest BCUT2D eigenvalue weighted by atomic mass is 32.1. The van der Waals surface area contributed by atoms with E-state index in [1.807, 2.05) is 53.1 Å². The van der Waals surface area contributed by atoms with E-state index in [2.05, 4.69) is 16.9 Å². The summed E-state index contributed by atoms with van der Waals surface area (Å²) in [6.07, 6.45) is 1.95. The number of ether oxygens (including phenoxy) is 1. The highest BCUT2D eigenvalue weighted by Crippen LogP contribution is 2.22. The lowest BCUT2D eigenvalue weighted by molar-refractivity contribution is -0.118. The van der Waals surface area contributed by atoms with Gasteiger partial charge in [-0.2, -0.15) is 4.99 Å². The zero-order valence-electron chi connectivity index (χ0n) is 15.6. The van der Waals surface area contributed by atoms with Gasteiger partial charge >= 0.3 is 0 Å². The van der Waals surface area contributed by atoms with Gasteiger partial charge in [0.05, 0.1) is 23.2 Å². The summed E-state index contributed by atoms with van der Waals surface area (Å²) in [5.41, 5.74) is 1.65. The van der Waals surface area contributed by atoms with E-state index in [9.17, 15) is 9.59 Å². The summed E-state index contributed by atoms with van der Waals surface area (Å²) in [5, 5.41) is 2.77. The van der Waals surface area contributed by atoms with E-state index in [-0.39, 0.29) is 24.8 Å². The molecular formula is C21H21N3O3S. The van der Waals surface area contributed by atoms with Crippen LogP contribution in [0.2, 0.25) is 0 Å². The number of allylic oxidation sites excluding steroid dienone is 1. The molecule has 0 unspecified atom stereocenters. The largest absolute Gasteiger partial charge is 0.493 e. The van der Waals surface area contributed by atoms with Crippen LogP contribution in [0.3, 0.4) is 0 Å².